The molecule has 0 heterocycles. The number of carbonyl (C=O) groups is 2. The number of rotatable bonds is 6. The summed E-state index contributed by atoms with van der Waals surface area (Å²) in [6.45, 7) is -0.222. The molecular formula is C16H21N3O5. The number of nitrogens with one attached hydrogen (secondary N) is 2. The fourth-order valence-electron chi connectivity index (χ4n) is 2.99. The molecule has 8 heteroatoms. The molecule has 24 heavy (non-hydrogen) atoms. The summed E-state index contributed by atoms with van der Waals surface area (Å²) in [6, 6.07) is 6.00. The van der Waals surface area contributed by atoms with Crippen LogP contribution in [0.25, 0.3) is 0 Å². The number of nitrogens with zero attached hydrogens (tertiary/aromatic N) is 1. The molecule has 3 N–H and O–H groups in total. The molecule has 0 aromatic heterocycles. The number of hydrogen-bond donors (Lipinski definition) is 3. The zero-order chi connectivity index (χ0) is 17.6. The average molecular weight is 335 g/mol. The second kappa shape index (κ2) is 7.76. The Hall–Kier alpha value is -2.64. The molecule has 8 nitrogen and oxygen atoms in total. The monoisotopic (exact) mass is 335 g/mol. The van der Waals surface area contributed by atoms with E-state index in [1.54, 1.807) is 6.07 Å². The third-order valence-electron chi connectivity index (χ3n) is 4.29. The minimum Gasteiger partial charge on any atom is -0.480 e. The first kappa shape index (κ1) is 17.7. The lowest BCUT2D eigenvalue weighted by atomic mass is 9.90. The largest absolute Gasteiger partial charge is 0.480 e. The van der Waals surface area contributed by atoms with Crippen LogP contribution in [0.15, 0.2) is 24.3 Å². The summed E-state index contributed by atoms with van der Waals surface area (Å²) in [6.07, 6.45) is 4.23. The predicted molar refractivity (Wildman–Crippen MR) is 87.8 cm³/mol. The summed E-state index contributed by atoms with van der Waals surface area (Å²) in [5.41, 5.74) is -1.15. The smallest absolute Gasteiger partial charge is 0.329 e. The average Bonchev–Trinajstić information content (AvgIpc) is 2.79. The molecule has 0 unspecified atom stereocenters. The first-order chi connectivity index (χ1) is 11.4. The van der Waals surface area contributed by atoms with Gasteiger partial charge in [0.1, 0.15) is 11.2 Å². The predicted octanol–water partition coefficient (Wildman–Crippen LogP) is 2.30. The van der Waals surface area contributed by atoms with Crippen molar-refractivity contribution in [1.82, 2.24) is 5.32 Å². The number of amides is 1. The van der Waals surface area contributed by atoms with Gasteiger partial charge in [-0.25, -0.2) is 4.79 Å². The molecule has 0 aliphatic heterocycles. The van der Waals surface area contributed by atoms with E-state index in [-0.39, 0.29) is 17.9 Å². The molecule has 0 bridgehead atoms. The van der Waals surface area contributed by atoms with Crippen molar-refractivity contribution < 1.29 is 19.6 Å². The van der Waals surface area contributed by atoms with Crippen LogP contribution in [-0.4, -0.2) is 34.0 Å². The molecule has 1 fully saturated rings. The highest BCUT2D eigenvalue weighted by Gasteiger charge is 2.39. The maximum Gasteiger partial charge on any atom is 0.329 e. The van der Waals surface area contributed by atoms with Crippen molar-refractivity contribution in [2.24, 2.45) is 0 Å². The van der Waals surface area contributed by atoms with E-state index in [0.29, 0.717) is 12.8 Å². The van der Waals surface area contributed by atoms with Crippen LogP contribution in [0.4, 0.5) is 11.4 Å². The highest BCUT2D eigenvalue weighted by Crippen LogP contribution is 2.28. The molecule has 1 amide bonds. The maximum absolute atomic E-state index is 12.2. The first-order valence-electron chi connectivity index (χ1n) is 7.96. The second-order valence-corrected chi connectivity index (χ2v) is 5.98. The highest BCUT2D eigenvalue weighted by atomic mass is 16.6. The van der Waals surface area contributed by atoms with Crippen LogP contribution >= 0.6 is 0 Å². The SMILES string of the molecule is O=C(CNc1ccccc1[N+](=O)[O-])NC1(C(=O)O)CCCCCC1. The Morgan fingerprint density at radius 1 is 1.17 bits per heavy atom. The van der Waals surface area contributed by atoms with Crippen LogP contribution in [0.3, 0.4) is 0 Å². The van der Waals surface area contributed by atoms with Gasteiger partial charge in [0.25, 0.3) is 5.69 Å². The number of carboxylic acid groups (broad SMARTS) is 1. The molecule has 0 saturated heterocycles. The summed E-state index contributed by atoms with van der Waals surface area (Å²) in [5.74, 6) is -1.51. The minimum atomic E-state index is -1.24. The fraction of sp³-hybridized carbons (Fsp3) is 0.500. The van der Waals surface area contributed by atoms with Gasteiger partial charge in [-0.1, -0.05) is 37.8 Å². The summed E-state index contributed by atoms with van der Waals surface area (Å²) in [5, 5.41) is 25.8. The van der Waals surface area contributed by atoms with Gasteiger partial charge in [-0.05, 0) is 18.9 Å². The number of anilines is 1. The van der Waals surface area contributed by atoms with Crippen LogP contribution in [0.5, 0.6) is 0 Å². The zero-order valence-electron chi connectivity index (χ0n) is 13.3. The molecule has 1 aliphatic rings. The molecule has 2 rings (SSSR count). The summed E-state index contributed by atoms with van der Waals surface area (Å²) >= 11 is 0. The topological polar surface area (TPSA) is 122 Å². The van der Waals surface area contributed by atoms with Crippen LogP contribution in [0.2, 0.25) is 0 Å². The second-order valence-electron chi connectivity index (χ2n) is 5.98. The van der Waals surface area contributed by atoms with Crippen LogP contribution in [0, 0.1) is 10.1 Å². The Balaban J connectivity index is 2.02. The van der Waals surface area contributed by atoms with Gasteiger partial charge in [0, 0.05) is 6.07 Å². The van der Waals surface area contributed by atoms with Crippen molar-refractivity contribution in [1.29, 1.82) is 0 Å². The summed E-state index contributed by atoms with van der Waals surface area (Å²) in [4.78, 5) is 34.3. The molecule has 0 spiro atoms. The molecule has 1 aromatic rings. The van der Waals surface area contributed by atoms with Crippen molar-refractivity contribution in [2.45, 2.75) is 44.1 Å². The van der Waals surface area contributed by atoms with E-state index in [2.05, 4.69) is 10.6 Å². The van der Waals surface area contributed by atoms with E-state index in [4.69, 9.17) is 0 Å². The van der Waals surface area contributed by atoms with Crippen molar-refractivity contribution in [3.05, 3.63) is 34.4 Å². The van der Waals surface area contributed by atoms with E-state index in [9.17, 15) is 24.8 Å². The summed E-state index contributed by atoms with van der Waals surface area (Å²) < 4.78 is 0. The Labute approximate surface area is 139 Å². The fourth-order valence-corrected chi connectivity index (χ4v) is 2.99. The van der Waals surface area contributed by atoms with Gasteiger partial charge in [0.05, 0.1) is 11.5 Å². The molecule has 130 valence electrons. The number of nitro benzene ring substituents is 1. The van der Waals surface area contributed by atoms with Crippen molar-refractivity contribution in [3.8, 4) is 0 Å². The lowest BCUT2D eigenvalue weighted by Crippen LogP contribution is -2.55. The quantitative estimate of drug-likeness (QED) is 0.416. The standard InChI is InChI=1S/C16H21N3O5/c20-14(11-17-12-7-3-4-8-13(12)19(23)24)18-16(15(21)22)9-5-1-2-6-10-16/h3-4,7-8,17H,1-2,5-6,9-11H2,(H,18,20)(H,21,22). The highest BCUT2D eigenvalue weighted by molar-refractivity contribution is 5.89. The number of nitro groups is 1. The van der Waals surface area contributed by atoms with Crippen molar-refractivity contribution in [3.63, 3.8) is 0 Å². The van der Waals surface area contributed by atoms with Gasteiger partial charge < -0.3 is 15.7 Å². The van der Waals surface area contributed by atoms with Gasteiger partial charge in [-0.2, -0.15) is 0 Å². The van der Waals surface area contributed by atoms with Crippen LogP contribution in [-0.2, 0) is 9.59 Å². The molecule has 1 aromatic carbocycles. The molecule has 0 atom stereocenters. The van der Waals surface area contributed by atoms with Crippen molar-refractivity contribution >= 4 is 23.3 Å². The normalized spacial score (nSPS) is 16.7. The summed E-state index contributed by atoms with van der Waals surface area (Å²) in [7, 11) is 0. The number of carboxylic acids is 1. The Morgan fingerprint density at radius 2 is 1.79 bits per heavy atom. The Morgan fingerprint density at radius 3 is 2.38 bits per heavy atom. The van der Waals surface area contributed by atoms with Gasteiger partial charge >= 0.3 is 5.97 Å². The number of aliphatic carboxylic acids is 1. The molecule has 1 aliphatic carbocycles. The zero-order valence-corrected chi connectivity index (χ0v) is 13.3. The van der Waals surface area contributed by atoms with E-state index in [1.165, 1.54) is 18.2 Å². The number of para-hydroxylation sites is 2. The third-order valence-corrected chi connectivity index (χ3v) is 4.29. The van der Waals surface area contributed by atoms with Crippen LogP contribution in [0.1, 0.15) is 38.5 Å². The molecule has 1 saturated carbocycles. The van der Waals surface area contributed by atoms with Crippen molar-refractivity contribution in [2.75, 3.05) is 11.9 Å². The van der Waals surface area contributed by atoms with Gasteiger partial charge in [0.2, 0.25) is 5.91 Å². The third kappa shape index (κ3) is 4.21. The lowest BCUT2D eigenvalue weighted by molar-refractivity contribution is -0.383. The molecule has 0 radical (unpaired) electrons. The van der Waals surface area contributed by atoms with Gasteiger partial charge in [-0.15, -0.1) is 0 Å². The Kier molecular flexibility index (Phi) is 5.73. The van der Waals surface area contributed by atoms with E-state index < -0.39 is 22.3 Å². The number of benzene rings is 1. The van der Waals surface area contributed by atoms with Crippen LogP contribution < -0.4 is 10.6 Å². The first-order valence-corrected chi connectivity index (χ1v) is 7.96. The van der Waals surface area contributed by atoms with E-state index in [0.717, 1.165) is 25.7 Å². The van der Waals surface area contributed by atoms with Gasteiger partial charge in [-0.3, -0.25) is 14.9 Å². The number of hydrogen-bond acceptors (Lipinski definition) is 5. The van der Waals surface area contributed by atoms with E-state index in [1.807, 2.05) is 0 Å². The number of carbonyl (C=O) groups excluding carboxylic acids is 1. The molecular weight excluding hydrogens is 314 g/mol. The Bertz CT molecular complexity index is 624. The maximum atomic E-state index is 12.2. The van der Waals surface area contributed by atoms with E-state index >= 15 is 0 Å². The lowest BCUT2D eigenvalue weighted by Gasteiger charge is -2.29. The minimum absolute atomic E-state index is 0.132. The van der Waals surface area contributed by atoms with Gasteiger partial charge in [0.15, 0.2) is 0 Å².